The number of terminal acetylenes is 1. The number of fused-ring (bicyclic) bond motifs is 2. The van der Waals surface area contributed by atoms with Gasteiger partial charge in [-0.25, -0.2) is 0 Å². The van der Waals surface area contributed by atoms with Gasteiger partial charge in [0.25, 0.3) is 0 Å². The minimum atomic E-state index is -1.58. The Hall–Kier alpha value is -3.32. The van der Waals surface area contributed by atoms with Gasteiger partial charge in [-0.3, -0.25) is 29.4 Å². The average Bonchev–Trinajstić information content (AvgIpc) is 2.86. The lowest BCUT2D eigenvalue weighted by Gasteiger charge is -2.64. The van der Waals surface area contributed by atoms with E-state index in [0.717, 1.165) is 0 Å². The number of piperidine rings is 2. The van der Waals surface area contributed by atoms with Crippen LogP contribution in [0.1, 0.15) is 23.5 Å². The molecule has 0 spiro atoms. The number of carbonyl (C=O) groups excluding carboxylic acids is 2. The van der Waals surface area contributed by atoms with Crippen LogP contribution in [0.3, 0.4) is 0 Å². The molecule has 0 radical (unpaired) electrons. The first-order valence-electron chi connectivity index (χ1n) is 10.9. The molecule has 2 saturated heterocycles. The predicted molar refractivity (Wildman–Crippen MR) is 122 cm³/mol. The Bertz CT molecular complexity index is 1010. The van der Waals surface area contributed by atoms with E-state index in [1.807, 2.05) is 21.9 Å². The summed E-state index contributed by atoms with van der Waals surface area (Å²) >= 11 is 0. The number of aromatic nitrogens is 2. The Morgan fingerprint density at radius 1 is 1.03 bits per heavy atom. The number of pyridine rings is 2. The smallest absolute Gasteiger partial charge is 0.317 e. The number of ether oxygens (including phenoxy) is 2. The summed E-state index contributed by atoms with van der Waals surface area (Å²) in [5.74, 6) is 1.29. The Labute approximate surface area is 198 Å². The molecule has 2 aromatic heterocycles. The van der Waals surface area contributed by atoms with Gasteiger partial charge in [-0.05, 0) is 31.3 Å². The van der Waals surface area contributed by atoms with Crippen molar-refractivity contribution in [2.45, 2.75) is 18.2 Å². The van der Waals surface area contributed by atoms with Crippen LogP contribution in [0.15, 0.2) is 48.8 Å². The lowest BCUT2D eigenvalue weighted by atomic mass is 9.53. The van der Waals surface area contributed by atoms with E-state index >= 15 is 0 Å². The van der Waals surface area contributed by atoms with Crippen molar-refractivity contribution in [3.05, 3.63) is 60.2 Å². The summed E-state index contributed by atoms with van der Waals surface area (Å²) < 4.78 is 10.5. The van der Waals surface area contributed by atoms with Gasteiger partial charge in [0, 0.05) is 25.5 Å². The molecule has 1 N–H and O–H groups in total. The SMILES string of the molecule is C#CCN1C[C@]2(C(=O)OC)C(O)[C@](C(=O)OC)(C1)[C@H](c1ccccn1)N(C)[C@@H]2c1ccccn1. The standard InChI is InChI=1S/C25H28N4O5/c1-5-14-29-15-24(22(31)33-3)19(17-10-6-8-12-26-17)28(2)20(18-11-7-9-13-27-18)25(16-29,21(24)30)23(32)34-4/h1,6-13,19-21,30H,14-16H2,2-4H3/t19-,20+,21?,24-,25+. The highest BCUT2D eigenvalue weighted by atomic mass is 16.5. The fourth-order valence-corrected chi connectivity index (χ4v) is 5.99. The minimum Gasteiger partial charge on any atom is -0.468 e. The molecule has 2 fully saturated rings. The normalized spacial score (nSPS) is 31.3. The maximum atomic E-state index is 13.6. The monoisotopic (exact) mass is 464 g/mol. The summed E-state index contributed by atoms with van der Waals surface area (Å²) in [6.45, 7) is 0.312. The molecule has 2 aliphatic rings. The number of aliphatic hydroxyl groups is 1. The van der Waals surface area contributed by atoms with Gasteiger partial charge in [0.05, 0.1) is 50.3 Å². The van der Waals surface area contributed by atoms with Gasteiger partial charge in [-0.2, -0.15) is 0 Å². The van der Waals surface area contributed by atoms with Crippen LogP contribution >= 0.6 is 0 Å². The summed E-state index contributed by atoms with van der Waals surface area (Å²) in [6, 6.07) is 9.25. The molecule has 4 heterocycles. The molecule has 1 unspecified atom stereocenters. The van der Waals surface area contributed by atoms with E-state index < -0.39 is 41.0 Å². The highest BCUT2D eigenvalue weighted by Crippen LogP contribution is 2.62. The summed E-state index contributed by atoms with van der Waals surface area (Å²) in [6.07, 6.45) is 7.43. The molecule has 0 amide bonds. The first-order chi connectivity index (χ1) is 16.4. The molecule has 2 bridgehead atoms. The zero-order chi connectivity index (χ0) is 24.5. The number of hydrogen-bond donors (Lipinski definition) is 1. The van der Waals surface area contributed by atoms with E-state index in [0.29, 0.717) is 11.4 Å². The van der Waals surface area contributed by atoms with E-state index in [9.17, 15) is 14.7 Å². The molecule has 2 aromatic rings. The molecule has 0 aliphatic carbocycles. The zero-order valence-electron chi connectivity index (χ0n) is 19.4. The first kappa shape index (κ1) is 23.8. The van der Waals surface area contributed by atoms with Crippen molar-refractivity contribution in [3.8, 4) is 12.3 Å². The van der Waals surface area contributed by atoms with Gasteiger partial charge in [-0.15, -0.1) is 6.42 Å². The van der Waals surface area contributed by atoms with Crippen LogP contribution in [0.4, 0.5) is 0 Å². The van der Waals surface area contributed by atoms with Crippen LogP contribution < -0.4 is 0 Å². The van der Waals surface area contributed by atoms with Crippen LogP contribution in [0.5, 0.6) is 0 Å². The van der Waals surface area contributed by atoms with Crippen LogP contribution in [-0.2, 0) is 19.1 Å². The lowest BCUT2D eigenvalue weighted by Crippen LogP contribution is -2.77. The Kier molecular flexibility index (Phi) is 6.41. The quantitative estimate of drug-likeness (QED) is 0.509. The van der Waals surface area contributed by atoms with E-state index in [1.54, 1.807) is 43.7 Å². The van der Waals surface area contributed by atoms with Crippen molar-refractivity contribution in [3.63, 3.8) is 0 Å². The van der Waals surface area contributed by atoms with Crippen molar-refractivity contribution < 1.29 is 24.2 Å². The van der Waals surface area contributed by atoms with Crippen molar-refractivity contribution in [2.24, 2.45) is 10.8 Å². The molecular weight excluding hydrogens is 436 g/mol. The van der Waals surface area contributed by atoms with Gasteiger partial charge in [0.1, 0.15) is 10.8 Å². The van der Waals surface area contributed by atoms with Gasteiger partial charge < -0.3 is 14.6 Å². The number of methoxy groups -OCH3 is 2. The molecule has 4 rings (SSSR count). The predicted octanol–water partition coefficient (Wildman–Crippen LogP) is 0.833. The third kappa shape index (κ3) is 3.29. The van der Waals surface area contributed by atoms with Crippen LogP contribution in [0.25, 0.3) is 0 Å². The van der Waals surface area contributed by atoms with E-state index in [4.69, 9.17) is 15.9 Å². The molecule has 0 aromatic carbocycles. The zero-order valence-corrected chi connectivity index (χ0v) is 19.4. The number of aliphatic hydroxyl groups excluding tert-OH is 1. The van der Waals surface area contributed by atoms with E-state index in [1.165, 1.54) is 14.2 Å². The number of carbonyl (C=O) groups is 2. The highest BCUT2D eigenvalue weighted by Gasteiger charge is 2.74. The van der Waals surface area contributed by atoms with Crippen molar-refractivity contribution in [1.29, 1.82) is 0 Å². The number of likely N-dealkylation sites (tertiary alicyclic amines) is 2. The second-order valence-electron chi connectivity index (χ2n) is 8.80. The van der Waals surface area contributed by atoms with Crippen LogP contribution in [0.2, 0.25) is 0 Å². The molecule has 34 heavy (non-hydrogen) atoms. The Morgan fingerprint density at radius 3 is 1.85 bits per heavy atom. The van der Waals surface area contributed by atoms with Crippen LogP contribution in [0, 0.1) is 23.2 Å². The second kappa shape index (κ2) is 9.14. The lowest BCUT2D eigenvalue weighted by molar-refractivity contribution is -0.248. The molecular formula is C25H28N4O5. The summed E-state index contributed by atoms with van der Waals surface area (Å²) in [4.78, 5) is 40.0. The van der Waals surface area contributed by atoms with Crippen molar-refractivity contribution >= 4 is 11.9 Å². The van der Waals surface area contributed by atoms with Gasteiger partial charge in [-0.1, -0.05) is 18.1 Å². The van der Waals surface area contributed by atoms with Crippen molar-refractivity contribution in [2.75, 3.05) is 40.9 Å². The van der Waals surface area contributed by atoms with Crippen LogP contribution in [-0.4, -0.2) is 83.8 Å². The Morgan fingerprint density at radius 2 is 1.50 bits per heavy atom. The number of esters is 2. The highest BCUT2D eigenvalue weighted by molar-refractivity contribution is 5.86. The number of nitrogens with zero attached hydrogens (tertiary/aromatic N) is 4. The largest absolute Gasteiger partial charge is 0.468 e. The molecule has 9 heteroatoms. The second-order valence-corrected chi connectivity index (χ2v) is 8.80. The van der Waals surface area contributed by atoms with E-state index in [2.05, 4.69) is 15.9 Å². The van der Waals surface area contributed by atoms with Crippen molar-refractivity contribution in [1.82, 2.24) is 19.8 Å². The van der Waals surface area contributed by atoms with Gasteiger partial charge in [0.15, 0.2) is 0 Å². The van der Waals surface area contributed by atoms with E-state index in [-0.39, 0.29) is 19.6 Å². The molecule has 9 nitrogen and oxygen atoms in total. The summed E-state index contributed by atoms with van der Waals surface area (Å²) in [5, 5.41) is 12.1. The summed E-state index contributed by atoms with van der Waals surface area (Å²) in [7, 11) is 4.34. The minimum absolute atomic E-state index is 0.0737. The fraction of sp³-hybridized carbons (Fsp3) is 0.440. The van der Waals surface area contributed by atoms with Gasteiger partial charge in [0.2, 0.25) is 0 Å². The third-order valence-electron chi connectivity index (χ3n) is 7.12. The fourth-order valence-electron chi connectivity index (χ4n) is 5.99. The first-order valence-corrected chi connectivity index (χ1v) is 10.9. The summed E-state index contributed by atoms with van der Waals surface area (Å²) in [5.41, 5.74) is -2.05. The average molecular weight is 465 g/mol. The Balaban J connectivity index is 2.07. The topological polar surface area (TPSA) is 105 Å². The maximum Gasteiger partial charge on any atom is 0.317 e. The number of rotatable bonds is 5. The third-order valence-corrected chi connectivity index (χ3v) is 7.12. The molecule has 2 aliphatic heterocycles. The van der Waals surface area contributed by atoms with Gasteiger partial charge >= 0.3 is 11.9 Å². The number of hydrogen-bond acceptors (Lipinski definition) is 9. The molecule has 5 atom stereocenters. The molecule has 178 valence electrons. The maximum absolute atomic E-state index is 13.6. The molecule has 0 saturated carbocycles.